The Labute approximate surface area is 138 Å². The zero-order chi connectivity index (χ0) is 15.6. The molecule has 2 heterocycles. The van der Waals surface area contributed by atoms with Crippen LogP contribution in [0.5, 0.6) is 0 Å². The highest BCUT2D eigenvalue weighted by atomic mass is 32.1. The summed E-state index contributed by atoms with van der Waals surface area (Å²) in [6.07, 6.45) is 3.12. The van der Waals surface area contributed by atoms with Crippen molar-refractivity contribution < 1.29 is 9.32 Å². The Hall–Kier alpha value is -2.40. The second-order valence-corrected chi connectivity index (χ2v) is 6.62. The molecule has 0 saturated heterocycles. The van der Waals surface area contributed by atoms with Crippen LogP contribution in [0.15, 0.2) is 52.4 Å². The zero-order valence-electron chi connectivity index (χ0n) is 12.5. The summed E-state index contributed by atoms with van der Waals surface area (Å²) >= 11 is 1.56. The Balaban J connectivity index is 1.53. The Morgan fingerprint density at radius 3 is 3.04 bits per heavy atom. The molecule has 1 atom stereocenters. The minimum Gasteiger partial charge on any atom is -0.355 e. The maximum absolute atomic E-state index is 12.5. The molecule has 1 N–H and O–H groups in total. The van der Waals surface area contributed by atoms with E-state index in [4.69, 9.17) is 4.52 Å². The molecule has 2 aromatic heterocycles. The molecule has 1 amide bonds. The fourth-order valence-electron chi connectivity index (χ4n) is 3.05. The molecule has 1 aliphatic rings. The fraction of sp³-hybridized carbons (Fsp3) is 0.222. The van der Waals surface area contributed by atoms with Crippen molar-refractivity contribution in [1.82, 2.24) is 10.5 Å². The molecule has 0 unspecified atom stereocenters. The Morgan fingerprint density at radius 2 is 2.17 bits per heavy atom. The summed E-state index contributed by atoms with van der Waals surface area (Å²) in [4.78, 5) is 13.4. The van der Waals surface area contributed by atoms with Crippen LogP contribution in [0, 0.1) is 0 Å². The maximum atomic E-state index is 12.5. The van der Waals surface area contributed by atoms with Crippen molar-refractivity contribution in [2.24, 2.45) is 0 Å². The summed E-state index contributed by atoms with van der Waals surface area (Å²) in [5.74, 6) is 0.451. The first-order valence-corrected chi connectivity index (χ1v) is 8.58. The van der Waals surface area contributed by atoms with Gasteiger partial charge in [-0.15, -0.1) is 11.3 Å². The molecule has 0 spiro atoms. The maximum Gasteiger partial charge on any atom is 0.273 e. The molecular formula is C18H16N2O2S. The van der Waals surface area contributed by atoms with Crippen LogP contribution in [0.3, 0.4) is 0 Å². The third-order valence-electron chi connectivity index (χ3n) is 4.18. The van der Waals surface area contributed by atoms with Crippen LogP contribution < -0.4 is 5.32 Å². The molecule has 1 aromatic carbocycles. The number of aryl methyl sites for hydroxylation is 1. The number of nitrogens with zero attached hydrogens (tertiary/aromatic N) is 1. The fourth-order valence-corrected chi connectivity index (χ4v) is 3.73. The van der Waals surface area contributed by atoms with Gasteiger partial charge < -0.3 is 9.84 Å². The molecule has 116 valence electrons. The first-order valence-electron chi connectivity index (χ1n) is 7.70. The quantitative estimate of drug-likeness (QED) is 0.785. The van der Waals surface area contributed by atoms with E-state index < -0.39 is 0 Å². The molecule has 4 rings (SSSR count). The zero-order valence-corrected chi connectivity index (χ0v) is 13.3. The minimum absolute atomic E-state index is 0.0503. The number of carbonyl (C=O) groups excluding carboxylic acids is 1. The van der Waals surface area contributed by atoms with Crippen LogP contribution in [0.25, 0.3) is 10.6 Å². The summed E-state index contributed by atoms with van der Waals surface area (Å²) in [6.45, 7) is 0. The lowest BCUT2D eigenvalue weighted by Gasteiger charge is -2.25. The second-order valence-electron chi connectivity index (χ2n) is 5.67. The molecule has 0 aliphatic heterocycles. The average molecular weight is 324 g/mol. The molecule has 0 bridgehead atoms. The molecule has 5 heteroatoms. The predicted molar refractivity (Wildman–Crippen MR) is 89.4 cm³/mol. The van der Waals surface area contributed by atoms with Gasteiger partial charge in [0.05, 0.1) is 10.9 Å². The summed E-state index contributed by atoms with van der Waals surface area (Å²) < 4.78 is 5.29. The Morgan fingerprint density at radius 1 is 1.26 bits per heavy atom. The highest BCUT2D eigenvalue weighted by Gasteiger charge is 2.23. The van der Waals surface area contributed by atoms with Gasteiger partial charge in [0.1, 0.15) is 0 Å². The van der Waals surface area contributed by atoms with Crippen LogP contribution in [-0.2, 0) is 6.42 Å². The SMILES string of the molecule is O=C(N[C@@H]1CCCc2ccccc21)c1cc(-c2cccs2)on1. The van der Waals surface area contributed by atoms with Gasteiger partial charge in [0.15, 0.2) is 11.5 Å². The Bertz CT molecular complexity index is 823. The first-order chi connectivity index (χ1) is 11.3. The van der Waals surface area contributed by atoms with Gasteiger partial charge in [0.25, 0.3) is 5.91 Å². The number of nitrogens with one attached hydrogen (secondary N) is 1. The Kier molecular flexibility index (Phi) is 3.71. The number of hydrogen-bond acceptors (Lipinski definition) is 4. The van der Waals surface area contributed by atoms with E-state index in [-0.39, 0.29) is 11.9 Å². The number of amides is 1. The molecule has 4 nitrogen and oxygen atoms in total. The van der Waals surface area contributed by atoms with E-state index in [1.165, 1.54) is 11.1 Å². The predicted octanol–water partition coefficient (Wildman–Crippen LogP) is 4.21. The van der Waals surface area contributed by atoms with Crippen LogP contribution in [-0.4, -0.2) is 11.1 Å². The van der Waals surface area contributed by atoms with Crippen LogP contribution >= 0.6 is 11.3 Å². The van der Waals surface area contributed by atoms with Crippen LogP contribution in [0.2, 0.25) is 0 Å². The summed E-state index contributed by atoms with van der Waals surface area (Å²) in [5, 5.41) is 8.97. The second kappa shape index (κ2) is 6.01. The lowest BCUT2D eigenvalue weighted by atomic mass is 9.87. The van der Waals surface area contributed by atoms with Crippen molar-refractivity contribution in [3.05, 3.63) is 64.7 Å². The van der Waals surface area contributed by atoms with Crippen LogP contribution in [0.1, 0.15) is 40.5 Å². The van der Waals surface area contributed by atoms with Crippen molar-refractivity contribution in [3.8, 4) is 10.6 Å². The number of aromatic nitrogens is 1. The molecule has 0 fully saturated rings. The van der Waals surface area contributed by atoms with Gasteiger partial charge in [-0.1, -0.05) is 35.5 Å². The van der Waals surface area contributed by atoms with Crippen molar-refractivity contribution in [3.63, 3.8) is 0 Å². The molecule has 3 aromatic rings. The molecule has 1 aliphatic carbocycles. The van der Waals surface area contributed by atoms with Gasteiger partial charge >= 0.3 is 0 Å². The van der Waals surface area contributed by atoms with Gasteiger partial charge in [0.2, 0.25) is 0 Å². The summed E-state index contributed by atoms with van der Waals surface area (Å²) in [5.41, 5.74) is 2.87. The van der Waals surface area contributed by atoms with Crippen molar-refractivity contribution in [2.45, 2.75) is 25.3 Å². The molecular weight excluding hydrogens is 308 g/mol. The highest BCUT2D eigenvalue weighted by molar-refractivity contribution is 7.13. The van der Waals surface area contributed by atoms with Crippen molar-refractivity contribution in [1.29, 1.82) is 0 Å². The summed E-state index contributed by atoms with van der Waals surface area (Å²) in [7, 11) is 0. The molecule has 0 saturated carbocycles. The monoisotopic (exact) mass is 324 g/mol. The molecule has 23 heavy (non-hydrogen) atoms. The largest absolute Gasteiger partial charge is 0.355 e. The van der Waals surface area contributed by atoms with Crippen LogP contribution in [0.4, 0.5) is 0 Å². The standard InChI is InChI=1S/C18H16N2O2S/c21-18(15-11-16(22-20-15)17-9-4-10-23-17)19-14-8-3-6-12-5-1-2-7-13(12)14/h1-2,4-5,7,9-11,14H,3,6,8H2,(H,19,21)/t14-/m1/s1. The third-order valence-corrected chi connectivity index (χ3v) is 5.07. The van der Waals surface area contributed by atoms with Gasteiger partial charge in [-0.25, -0.2) is 0 Å². The lowest BCUT2D eigenvalue weighted by Crippen LogP contribution is -2.31. The summed E-state index contributed by atoms with van der Waals surface area (Å²) in [6, 6.07) is 14.0. The number of benzene rings is 1. The van der Waals surface area contributed by atoms with Gasteiger partial charge in [0, 0.05) is 6.07 Å². The van der Waals surface area contributed by atoms with Gasteiger partial charge in [-0.05, 0) is 41.8 Å². The highest BCUT2D eigenvalue weighted by Crippen LogP contribution is 2.30. The average Bonchev–Trinajstić information content (AvgIpc) is 3.26. The van der Waals surface area contributed by atoms with E-state index >= 15 is 0 Å². The number of carbonyl (C=O) groups is 1. The molecule has 0 radical (unpaired) electrons. The van der Waals surface area contributed by atoms with E-state index in [2.05, 4.69) is 22.6 Å². The lowest BCUT2D eigenvalue weighted by molar-refractivity contribution is 0.0923. The number of hydrogen-bond donors (Lipinski definition) is 1. The normalized spacial score (nSPS) is 16.8. The first kappa shape index (κ1) is 14.2. The van der Waals surface area contributed by atoms with E-state index in [0.717, 1.165) is 24.1 Å². The minimum atomic E-state index is -0.182. The third kappa shape index (κ3) is 2.80. The number of thiophene rings is 1. The number of fused-ring (bicyclic) bond motifs is 1. The van der Waals surface area contributed by atoms with E-state index in [0.29, 0.717) is 11.5 Å². The van der Waals surface area contributed by atoms with E-state index in [1.807, 2.05) is 29.6 Å². The van der Waals surface area contributed by atoms with E-state index in [9.17, 15) is 4.79 Å². The van der Waals surface area contributed by atoms with Gasteiger partial charge in [-0.2, -0.15) is 0 Å². The topological polar surface area (TPSA) is 55.1 Å². The van der Waals surface area contributed by atoms with Crippen molar-refractivity contribution in [2.75, 3.05) is 0 Å². The van der Waals surface area contributed by atoms with Crippen molar-refractivity contribution >= 4 is 17.2 Å². The van der Waals surface area contributed by atoms with Gasteiger partial charge in [-0.3, -0.25) is 4.79 Å². The smallest absolute Gasteiger partial charge is 0.273 e. The van der Waals surface area contributed by atoms with E-state index in [1.54, 1.807) is 17.4 Å². The number of rotatable bonds is 3.